The van der Waals surface area contributed by atoms with Gasteiger partial charge in [-0.2, -0.15) is 0 Å². The van der Waals surface area contributed by atoms with Crippen molar-refractivity contribution in [2.24, 2.45) is 0 Å². The smallest absolute Gasteiger partial charge is 0.235 e. The summed E-state index contributed by atoms with van der Waals surface area (Å²) in [5.41, 5.74) is 1.12. The van der Waals surface area contributed by atoms with E-state index in [1.165, 1.54) is 0 Å². The number of halogens is 1. The van der Waals surface area contributed by atoms with E-state index in [0.717, 1.165) is 5.56 Å². The van der Waals surface area contributed by atoms with Crippen molar-refractivity contribution in [1.29, 1.82) is 0 Å². The minimum atomic E-state index is -0.149. The summed E-state index contributed by atoms with van der Waals surface area (Å²) in [5, 5.41) is 2.64. The molecule has 0 bridgehead atoms. The third kappa shape index (κ3) is 4.10. The molecule has 0 radical (unpaired) electrons. The molecule has 0 atom stereocenters. The van der Waals surface area contributed by atoms with Gasteiger partial charge in [0, 0.05) is 6.54 Å². The van der Waals surface area contributed by atoms with Crippen molar-refractivity contribution in [1.82, 2.24) is 5.32 Å². The first-order valence-corrected chi connectivity index (χ1v) is 4.90. The van der Waals surface area contributed by atoms with Crippen molar-refractivity contribution in [2.75, 3.05) is 12.4 Å². The van der Waals surface area contributed by atoms with Crippen LogP contribution in [0.2, 0.25) is 0 Å². The zero-order valence-corrected chi connectivity index (χ0v) is 8.50. The van der Waals surface area contributed by atoms with Gasteiger partial charge >= 0.3 is 0 Å². The van der Waals surface area contributed by atoms with Gasteiger partial charge in [0.1, 0.15) is 5.88 Å². The fourth-order valence-electron chi connectivity index (χ4n) is 0.979. The molecule has 1 rings (SSSR count). The quantitative estimate of drug-likeness (QED) is 0.756. The highest BCUT2D eigenvalue weighted by Crippen LogP contribution is 1.99. The molecule has 0 aliphatic carbocycles. The molecule has 1 aromatic carbocycles. The van der Waals surface area contributed by atoms with Gasteiger partial charge in [-0.25, -0.2) is 0 Å². The van der Waals surface area contributed by atoms with E-state index >= 15 is 0 Å². The van der Waals surface area contributed by atoms with E-state index in [0.29, 0.717) is 6.54 Å². The lowest BCUT2D eigenvalue weighted by atomic mass is 10.2. The number of amides is 1. The lowest BCUT2D eigenvalue weighted by molar-refractivity contribution is -0.118. The van der Waals surface area contributed by atoms with Crippen LogP contribution in [-0.2, 0) is 4.79 Å². The molecule has 1 N–H and O–H groups in total. The number of carbonyl (C=O) groups is 1. The van der Waals surface area contributed by atoms with Gasteiger partial charge in [-0.05, 0) is 5.56 Å². The summed E-state index contributed by atoms with van der Waals surface area (Å²) < 4.78 is 0. The Morgan fingerprint density at radius 3 is 2.71 bits per heavy atom. The van der Waals surface area contributed by atoms with Crippen LogP contribution in [0.25, 0.3) is 6.08 Å². The van der Waals surface area contributed by atoms with E-state index < -0.39 is 0 Å². The molecular formula is C11H12ClNO. The predicted octanol–water partition coefficient (Wildman–Crippen LogP) is 2.05. The van der Waals surface area contributed by atoms with Gasteiger partial charge in [-0.15, -0.1) is 11.6 Å². The highest BCUT2D eigenvalue weighted by atomic mass is 35.5. The summed E-state index contributed by atoms with van der Waals surface area (Å²) in [4.78, 5) is 10.7. The molecule has 14 heavy (non-hydrogen) atoms. The maximum atomic E-state index is 10.7. The summed E-state index contributed by atoms with van der Waals surface area (Å²) in [6.45, 7) is 0.514. The van der Waals surface area contributed by atoms with Crippen LogP contribution in [0.4, 0.5) is 0 Å². The predicted molar refractivity (Wildman–Crippen MR) is 59.2 cm³/mol. The molecule has 0 saturated carbocycles. The fourth-order valence-corrected chi connectivity index (χ4v) is 1.07. The monoisotopic (exact) mass is 209 g/mol. The first-order chi connectivity index (χ1) is 6.83. The molecule has 1 amide bonds. The number of nitrogens with one attached hydrogen (secondary N) is 1. The van der Waals surface area contributed by atoms with E-state index in [2.05, 4.69) is 5.32 Å². The van der Waals surface area contributed by atoms with Gasteiger partial charge in [0.25, 0.3) is 0 Å². The van der Waals surface area contributed by atoms with Gasteiger partial charge in [0.05, 0.1) is 0 Å². The summed E-state index contributed by atoms with van der Waals surface area (Å²) in [6, 6.07) is 9.90. The molecular weight excluding hydrogens is 198 g/mol. The summed E-state index contributed by atoms with van der Waals surface area (Å²) >= 11 is 5.31. The molecule has 0 heterocycles. The highest BCUT2D eigenvalue weighted by molar-refractivity contribution is 6.27. The first-order valence-electron chi connectivity index (χ1n) is 4.37. The number of rotatable bonds is 4. The average molecular weight is 210 g/mol. The lowest BCUT2D eigenvalue weighted by Crippen LogP contribution is -2.24. The van der Waals surface area contributed by atoms with E-state index in [1.807, 2.05) is 42.5 Å². The molecule has 0 aliphatic heterocycles. The van der Waals surface area contributed by atoms with Crippen LogP contribution in [0.1, 0.15) is 5.56 Å². The number of hydrogen-bond acceptors (Lipinski definition) is 1. The van der Waals surface area contributed by atoms with Crippen molar-refractivity contribution in [2.45, 2.75) is 0 Å². The van der Waals surface area contributed by atoms with Crippen LogP contribution < -0.4 is 5.32 Å². The van der Waals surface area contributed by atoms with Gasteiger partial charge in [-0.3, -0.25) is 4.79 Å². The molecule has 0 spiro atoms. The second-order valence-corrected chi connectivity index (χ2v) is 3.02. The average Bonchev–Trinajstić information content (AvgIpc) is 2.25. The van der Waals surface area contributed by atoms with E-state index in [1.54, 1.807) is 0 Å². The molecule has 0 aromatic heterocycles. The highest BCUT2D eigenvalue weighted by Gasteiger charge is 1.92. The number of hydrogen-bond donors (Lipinski definition) is 1. The van der Waals surface area contributed by atoms with Crippen LogP contribution in [0.15, 0.2) is 36.4 Å². The minimum Gasteiger partial charge on any atom is -0.352 e. The molecule has 0 saturated heterocycles. The number of carbonyl (C=O) groups excluding carboxylic acids is 1. The van der Waals surface area contributed by atoms with Gasteiger partial charge in [-0.1, -0.05) is 42.5 Å². The standard InChI is InChI=1S/C11H12ClNO/c12-9-11(14)13-8-4-7-10-5-2-1-3-6-10/h1-7H,8-9H2,(H,13,14)/b7-4+. The van der Waals surface area contributed by atoms with Crippen LogP contribution in [0.5, 0.6) is 0 Å². The molecule has 1 aromatic rings. The van der Waals surface area contributed by atoms with Crippen molar-refractivity contribution >= 4 is 23.6 Å². The summed E-state index contributed by atoms with van der Waals surface area (Å²) in [5.74, 6) is -0.136. The summed E-state index contributed by atoms with van der Waals surface area (Å²) in [7, 11) is 0. The summed E-state index contributed by atoms with van der Waals surface area (Å²) in [6.07, 6.45) is 3.84. The first kappa shape index (κ1) is 10.8. The van der Waals surface area contributed by atoms with Crippen LogP contribution >= 0.6 is 11.6 Å². The third-order valence-corrected chi connectivity index (χ3v) is 1.89. The Hall–Kier alpha value is -1.28. The fraction of sp³-hybridized carbons (Fsp3) is 0.182. The Kier molecular flexibility index (Phi) is 4.79. The molecule has 0 fully saturated rings. The Morgan fingerprint density at radius 1 is 1.36 bits per heavy atom. The van der Waals surface area contributed by atoms with E-state index in [-0.39, 0.29) is 11.8 Å². The zero-order valence-electron chi connectivity index (χ0n) is 7.74. The second-order valence-electron chi connectivity index (χ2n) is 2.75. The largest absolute Gasteiger partial charge is 0.352 e. The van der Waals surface area contributed by atoms with Gasteiger partial charge in [0.2, 0.25) is 5.91 Å². The topological polar surface area (TPSA) is 29.1 Å². The van der Waals surface area contributed by atoms with E-state index in [4.69, 9.17) is 11.6 Å². The Balaban J connectivity index is 2.31. The molecule has 0 unspecified atom stereocenters. The van der Waals surface area contributed by atoms with Gasteiger partial charge in [0.15, 0.2) is 0 Å². The van der Waals surface area contributed by atoms with Crippen molar-refractivity contribution in [3.05, 3.63) is 42.0 Å². The van der Waals surface area contributed by atoms with Crippen LogP contribution in [-0.4, -0.2) is 18.3 Å². The van der Waals surface area contributed by atoms with Crippen LogP contribution in [0, 0.1) is 0 Å². The van der Waals surface area contributed by atoms with Crippen molar-refractivity contribution in [3.8, 4) is 0 Å². The molecule has 0 aliphatic rings. The number of alkyl halides is 1. The third-order valence-electron chi connectivity index (χ3n) is 1.65. The Bertz CT molecular complexity index is 308. The Labute approximate surface area is 88.6 Å². The second kappa shape index (κ2) is 6.22. The molecule has 74 valence electrons. The van der Waals surface area contributed by atoms with Crippen molar-refractivity contribution < 1.29 is 4.79 Å². The zero-order chi connectivity index (χ0) is 10.2. The molecule has 2 nitrogen and oxygen atoms in total. The maximum Gasteiger partial charge on any atom is 0.235 e. The lowest BCUT2D eigenvalue weighted by Gasteiger charge is -1.96. The molecule has 3 heteroatoms. The maximum absolute atomic E-state index is 10.7. The number of benzene rings is 1. The van der Waals surface area contributed by atoms with Crippen molar-refractivity contribution in [3.63, 3.8) is 0 Å². The normalized spacial score (nSPS) is 10.4. The van der Waals surface area contributed by atoms with Crippen LogP contribution in [0.3, 0.4) is 0 Å². The van der Waals surface area contributed by atoms with E-state index in [9.17, 15) is 4.79 Å². The van der Waals surface area contributed by atoms with Gasteiger partial charge < -0.3 is 5.32 Å². The SMILES string of the molecule is O=C(CCl)NC/C=C/c1ccccc1. The Morgan fingerprint density at radius 2 is 2.07 bits per heavy atom. The minimum absolute atomic E-state index is 0.0131.